The van der Waals surface area contributed by atoms with Crippen molar-refractivity contribution in [3.63, 3.8) is 0 Å². The third kappa shape index (κ3) is 7.35. The van der Waals surface area contributed by atoms with E-state index in [1.165, 1.54) is 10.8 Å². The lowest BCUT2D eigenvalue weighted by molar-refractivity contribution is 1.02. The van der Waals surface area contributed by atoms with Crippen LogP contribution in [-0.4, -0.2) is 9.97 Å². The van der Waals surface area contributed by atoms with Crippen molar-refractivity contribution in [3.05, 3.63) is 201 Å². The number of nitrogens with zero attached hydrogens (tertiary/aromatic N) is 4. The summed E-state index contributed by atoms with van der Waals surface area (Å²) in [5, 5.41) is 2.37. The summed E-state index contributed by atoms with van der Waals surface area (Å²) < 4.78 is 0. The molecule has 0 saturated carbocycles. The van der Waals surface area contributed by atoms with Gasteiger partial charge in [-0.3, -0.25) is 0 Å². The van der Waals surface area contributed by atoms with Gasteiger partial charge in [0, 0.05) is 45.0 Å². The van der Waals surface area contributed by atoms with Crippen LogP contribution in [0.3, 0.4) is 0 Å². The summed E-state index contributed by atoms with van der Waals surface area (Å²) in [5.41, 5.74) is 12.0. The predicted molar refractivity (Wildman–Crippen MR) is 226 cm³/mol. The van der Waals surface area contributed by atoms with E-state index in [0.29, 0.717) is 0 Å². The number of allylic oxidation sites excluding steroid dienone is 2. The largest absolute Gasteiger partial charge is 0.315 e. The third-order valence-electron chi connectivity index (χ3n) is 9.13. The Balaban J connectivity index is 0.00000140. The minimum absolute atomic E-state index is 0.846. The first-order valence-corrected chi connectivity index (χ1v) is 18.0. The molecule has 8 aromatic rings. The maximum absolute atomic E-state index is 5.14. The molecule has 7 aromatic carbocycles. The molecule has 8 rings (SSSR count). The Morgan fingerprint density at radius 3 is 1.58 bits per heavy atom. The Morgan fingerprint density at radius 2 is 0.981 bits per heavy atom. The van der Waals surface area contributed by atoms with Gasteiger partial charge in [0.25, 0.3) is 0 Å². The molecule has 258 valence electrons. The molecule has 0 N–H and O–H groups in total. The number of benzene rings is 7. The summed E-state index contributed by atoms with van der Waals surface area (Å²) >= 11 is 0. The number of para-hydroxylation sites is 3. The summed E-state index contributed by atoms with van der Waals surface area (Å²) in [6.45, 7) is 11.8. The van der Waals surface area contributed by atoms with Crippen LogP contribution >= 0.6 is 0 Å². The smallest absolute Gasteiger partial charge is 0.0973 e. The first kappa shape index (κ1) is 34.7. The Hall–Kier alpha value is -6.78. The second-order valence-electron chi connectivity index (χ2n) is 12.7. The molecule has 0 aliphatic carbocycles. The van der Waals surface area contributed by atoms with Gasteiger partial charge in [0.15, 0.2) is 0 Å². The normalized spacial score (nSPS) is 10.7. The number of hydrogen-bond donors (Lipinski definition) is 0. The zero-order chi connectivity index (χ0) is 36.6. The molecule has 0 fully saturated rings. The molecule has 53 heavy (non-hydrogen) atoms. The van der Waals surface area contributed by atoms with Gasteiger partial charge in [-0.25, -0.2) is 9.97 Å². The van der Waals surface area contributed by atoms with Gasteiger partial charge in [0.2, 0.25) is 0 Å². The quantitative estimate of drug-likeness (QED) is 0.142. The second kappa shape index (κ2) is 16.1. The second-order valence-corrected chi connectivity index (χ2v) is 12.7. The fourth-order valence-electron chi connectivity index (χ4n) is 6.60. The summed E-state index contributed by atoms with van der Waals surface area (Å²) in [4.78, 5) is 14.8. The summed E-state index contributed by atoms with van der Waals surface area (Å²) in [6, 6.07) is 61.3. The molecule has 4 heteroatoms. The molecule has 0 amide bonds. The minimum Gasteiger partial charge on any atom is -0.315 e. The molecule has 0 atom stereocenters. The van der Waals surface area contributed by atoms with Crippen LogP contribution in [0.5, 0.6) is 0 Å². The van der Waals surface area contributed by atoms with E-state index in [-0.39, 0.29) is 0 Å². The average molecular weight is 687 g/mol. The van der Waals surface area contributed by atoms with E-state index < -0.39 is 0 Å². The van der Waals surface area contributed by atoms with Crippen molar-refractivity contribution in [1.82, 2.24) is 9.97 Å². The lowest BCUT2D eigenvalue weighted by Gasteiger charge is -2.29. The highest BCUT2D eigenvalue weighted by Gasteiger charge is 2.19. The van der Waals surface area contributed by atoms with Gasteiger partial charge in [-0.1, -0.05) is 129 Å². The molecule has 0 spiro atoms. The van der Waals surface area contributed by atoms with Crippen molar-refractivity contribution < 1.29 is 0 Å². The van der Waals surface area contributed by atoms with Crippen molar-refractivity contribution in [3.8, 4) is 22.5 Å². The van der Waals surface area contributed by atoms with Crippen LogP contribution in [0, 0.1) is 0 Å². The molecule has 0 radical (unpaired) electrons. The minimum atomic E-state index is 0.846. The van der Waals surface area contributed by atoms with Crippen LogP contribution in [0.15, 0.2) is 201 Å². The summed E-state index contributed by atoms with van der Waals surface area (Å²) in [5.74, 6) is 0. The first-order chi connectivity index (χ1) is 26.1. The van der Waals surface area contributed by atoms with Gasteiger partial charge < -0.3 is 9.80 Å². The van der Waals surface area contributed by atoms with E-state index >= 15 is 0 Å². The maximum atomic E-state index is 5.14. The van der Waals surface area contributed by atoms with Crippen molar-refractivity contribution in [1.29, 1.82) is 0 Å². The molecular formula is C49H42N4. The fourth-order valence-corrected chi connectivity index (χ4v) is 6.60. The molecule has 0 saturated heterocycles. The number of aromatic nitrogens is 2. The standard InChI is InChI=1S/C46H36N4.C3H6/c1-3-33(2)49(37-19-8-5-9-20-37)38-29-31-40(32-30-38)50(44-24-14-18-34-15-10-11-21-41(34)44)39-27-25-36(26-28-39)46-45(35-16-6-4-7-17-35)47-42-22-12-13-23-43(42)48-46;1-3-2/h4-32H,2-3H2,1H3;3H,1H2,2H3. The fraction of sp³-hybridized carbons (Fsp3) is 0.0612. The van der Waals surface area contributed by atoms with E-state index in [1.807, 2.05) is 55.5 Å². The predicted octanol–water partition coefficient (Wildman–Crippen LogP) is 13.8. The molecule has 0 aliphatic rings. The van der Waals surface area contributed by atoms with Gasteiger partial charge >= 0.3 is 0 Å². The average Bonchev–Trinajstić information content (AvgIpc) is 3.22. The number of fused-ring (bicyclic) bond motifs is 2. The van der Waals surface area contributed by atoms with Crippen molar-refractivity contribution in [2.45, 2.75) is 20.3 Å². The van der Waals surface area contributed by atoms with E-state index in [2.05, 4.69) is 157 Å². The van der Waals surface area contributed by atoms with E-state index in [9.17, 15) is 0 Å². The van der Waals surface area contributed by atoms with Gasteiger partial charge in [-0.2, -0.15) is 0 Å². The lowest BCUT2D eigenvalue weighted by Crippen LogP contribution is -2.15. The highest BCUT2D eigenvalue weighted by atomic mass is 15.2. The Morgan fingerprint density at radius 1 is 0.528 bits per heavy atom. The molecule has 0 unspecified atom stereocenters. The van der Waals surface area contributed by atoms with E-state index in [1.54, 1.807) is 6.08 Å². The van der Waals surface area contributed by atoms with Crippen LogP contribution in [0.1, 0.15) is 20.3 Å². The molecule has 1 aromatic heterocycles. The van der Waals surface area contributed by atoms with Crippen molar-refractivity contribution in [2.24, 2.45) is 0 Å². The first-order valence-electron chi connectivity index (χ1n) is 18.0. The third-order valence-corrected chi connectivity index (χ3v) is 9.13. The lowest BCUT2D eigenvalue weighted by atomic mass is 10.0. The Kier molecular flexibility index (Phi) is 10.5. The van der Waals surface area contributed by atoms with Crippen LogP contribution in [0.4, 0.5) is 28.4 Å². The highest BCUT2D eigenvalue weighted by molar-refractivity contribution is 5.99. The SMILES string of the molecule is C=C(CC)N(c1ccccc1)c1ccc(N(c2ccc(-c3nc4ccccc4nc3-c3ccccc3)cc2)c2cccc3ccccc23)cc1.C=CC. The summed E-state index contributed by atoms with van der Waals surface area (Å²) in [6.07, 6.45) is 2.60. The molecular weight excluding hydrogens is 645 g/mol. The van der Waals surface area contributed by atoms with Gasteiger partial charge in [-0.05, 0) is 85.5 Å². The number of rotatable bonds is 9. The number of anilines is 5. The molecule has 1 heterocycles. The highest BCUT2D eigenvalue weighted by Crippen LogP contribution is 2.41. The van der Waals surface area contributed by atoms with Gasteiger partial charge in [0.1, 0.15) is 0 Å². The van der Waals surface area contributed by atoms with Crippen LogP contribution in [0.25, 0.3) is 44.3 Å². The van der Waals surface area contributed by atoms with Gasteiger partial charge in [0.05, 0.1) is 28.1 Å². The monoisotopic (exact) mass is 686 g/mol. The zero-order valence-corrected chi connectivity index (χ0v) is 30.2. The van der Waals surface area contributed by atoms with Crippen LogP contribution < -0.4 is 9.80 Å². The number of hydrogen-bond acceptors (Lipinski definition) is 4. The molecule has 4 nitrogen and oxygen atoms in total. The van der Waals surface area contributed by atoms with Crippen LogP contribution in [-0.2, 0) is 0 Å². The maximum Gasteiger partial charge on any atom is 0.0973 e. The van der Waals surface area contributed by atoms with Gasteiger partial charge in [-0.15, -0.1) is 6.58 Å². The summed E-state index contributed by atoms with van der Waals surface area (Å²) in [7, 11) is 0. The molecule has 0 aliphatic heterocycles. The Labute approximate surface area is 312 Å². The van der Waals surface area contributed by atoms with E-state index in [4.69, 9.17) is 9.97 Å². The van der Waals surface area contributed by atoms with Crippen molar-refractivity contribution >= 4 is 50.2 Å². The van der Waals surface area contributed by atoms with Crippen molar-refractivity contribution in [2.75, 3.05) is 9.80 Å². The van der Waals surface area contributed by atoms with Crippen LogP contribution in [0.2, 0.25) is 0 Å². The van der Waals surface area contributed by atoms with E-state index in [0.717, 1.165) is 74.1 Å². The Bertz CT molecular complexity index is 2470. The molecule has 0 bridgehead atoms. The topological polar surface area (TPSA) is 32.3 Å². The zero-order valence-electron chi connectivity index (χ0n) is 30.2.